The number of nitrogens with one attached hydrogen (secondary N) is 1. The molecular formula is C21H19FN4O2. The van der Waals surface area contributed by atoms with Crippen LogP contribution >= 0.6 is 0 Å². The second kappa shape index (κ2) is 6.15. The number of fused-ring (bicyclic) bond motifs is 2. The maximum Gasteiger partial charge on any atom is 0.341 e. The van der Waals surface area contributed by atoms with Gasteiger partial charge in [-0.1, -0.05) is 6.92 Å². The Kier molecular flexibility index (Phi) is 3.72. The van der Waals surface area contributed by atoms with Crippen LogP contribution in [0.5, 0.6) is 0 Å². The van der Waals surface area contributed by atoms with E-state index in [1.54, 1.807) is 4.40 Å². The minimum atomic E-state index is -0.709. The van der Waals surface area contributed by atoms with Crippen LogP contribution in [0.25, 0.3) is 28.1 Å². The number of hydrogen-bond donors (Lipinski definition) is 1. The highest BCUT2D eigenvalue weighted by atomic mass is 19.1. The Morgan fingerprint density at radius 1 is 1.32 bits per heavy atom. The molecule has 0 radical (unpaired) electrons. The maximum atomic E-state index is 14.5. The number of methoxy groups -OCH3 is 1. The van der Waals surface area contributed by atoms with Gasteiger partial charge in [0.1, 0.15) is 22.6 Å². The fourth-order valence-corrected chi connectivity index (χ4v) is 3.66. The number of ether oxygens (including phenoxy) is 1. The number of rotatable bonds is 4. The Morgan fingerprint density at radius 2 is 2.14 bits per heavy atom. The number of imidazole rings is 1. The van der Waals surface area contributed by atoms with Crippen LogP contribution in [0.2, 0.25) is 0 Å². The molecule has 1 saturated carbocycles. The summed E-state index contributed by atoms with van der Waals surface area (Å²) in [5.74, 6) is -0.991. The molecule has 0 unspecified atom stereocenters. The molecule has 142 valence electrons. The van der Waals surface area contributed by atoms with Crippen LogP contribution < -0.4 is 0 Å². The number of esters is 1. The number of aryl methyl sites for hydroxylation is 1. The fraction of sp³-hybridized carbons (Fsp3) is 0.286. The molecular weight excluding hydrogens is 359 g/mol. The summed E-state index contributed by atoms with van der Waals surface area (Å²) < 4.78 is 20.9. The number of aromatic amines is 1. The van der Waals surface area contributed by atoms with E-state index in [1.807, 2.05) is 18.2 Å². The summed E-state index contributed by atoms with van der Waals surface area (Å²) in [6, 6.07) is 7.53. The largest absolute Gasteiger partial charge is 0.465 e. The van der Waals surface area contributed by atoms with E-state index in [0.717, 1.165) is 53.1 Å². The van der Waals surface area contributed by atoms with E-state index in [0.29, 0.717) is 11.6 Å². The average Bonchev–Trinajstić information content (AvgIpc) is 3.34. The number of carbonyl (C=O) groups excluding carboxylic acids is 1. The highest BCUT2D eigenvalue weighted by Crippen LogP contribution is 2.45. The molecule has 28 heavy (non-hydrogen) atoms. The smallest absolute Gasteiger partial charge is 0.341 e. The summed E-state index contributed by atoms with van der Waals surface area (Å²) in [6.45, 7) is 2.07. The Morgan fingerprint density at radius 3 is 2.86 bits per heavy atom. The van der Waals surface area contributed by atoms with E-state index < -0.39 is 11.8 Å². The predicted molar refractivity (Wildman–Crippen MR) is 103 cm³/mol. The lowest BCUT2D eigenvalue weighted by Gasteiger charge is -2.05. The van der Waals surface area contributed by atoms with Crippen molar-refractivity contribution < 1.29 is 13.9 Å². The lowest BCUT2D eigenvalue weighted by Crippen LogP contribution is -2.06. The Bertz CT molecular complexity index is 1240. The number of H-pyrrole nitrogens is 1. The molecule has 0 aromatic carbocycles. The lowest BCUT2D eigenvalue weighted by atomic mass is 10.1. The molecule has 0 aliphatic heterocycles. The second-order valence-corrected chi connectivity index (χ2v) is 7.15. The Hall–Kier alpha value is -3.22. The van der Waals surface area contributed by atoms with Crippen LogP contribution in [-0.4, -0.2) is 32.4 Å². The number of aromatic nitrogens is 4. The summed E-state index contributed by atoms with van der Waals surface area (Å²) in [5.41, 5.74) is 4.84. The van der Waals surface area contributed by atoms with Gasteiger partial charge < -0.3 is 14.1 Å². The highest BCUT2D eigenvalue weighted by Gasteiger charge is 2.32. The molecule has 0 amide bonds. The van der Waals surface area contributed by atoms with Gasteiger partial charge in [-0.15, -0.1) is 0 Å². The minimum Gasteiger partial charge on any atom is -0.465 e. The van der Waals surface area contributed by atoms with Crippen molar-refractivity contribution in [3.8, 4) is 11.4 Å². The van der Waals surface area contributed by atoms with Gasteiger partial charge in [-0.05, 0) is 43.5 Å². The predicted octanol–water partition coefficient (Wildman–Crippen LogP) is 4.24. The first-order chi connectivity index (χ1) is 13.6. The average molecular weight is 378 g/mol. The number of hydrogen-bond acceptors (Lipinski definition) is 4. The van der Waals surface area contributed by atoms with Crippen molar-refractivity contribution in [3.63, 3.8) is 0 Å². The van der Waals surface area contributed by atoms with Gasteiger partial charge in [-0.25, -0.2) is 19.2 Å². The van der Waals surface area contributed by atoms with Crippen molar-refractivity contribution in [1.82, 2.24) is 19.4 Å². The van der Waals surface area contributed by atoms with E-state index >= 15 is 0 Å². The molecule has 7 heteroatoms. The SMILES string of the molecule is CCc1ccc2cc(-c3nc4cc(C(=O)OC)c(F)cn4c3C3CC3)[nH]c2n1. The third kappa shape index (κ3) is 2.58. The number of halogens is 1. The zero-order valence-electron chi connectivity index (χ0n) is 15.6. The standard InChI is InChI=1S/C21H19FN4O2/c1-3-13-7-6-12-8-16(24-20(12)23-13)18-19(11-4-5-11)26-10-15(22)14(21(27)28-2)9-17(26)25-18/h6-11H,3-5H2,1-2H3,(H,23,24). The molecule has 0 atom stereocenters. The van der Waals surface area contributed by atoms with Crippen molar-refractivity contribution >= 4 is 22.6 Å². The van der Waals surface area contributed by atoms with Crippen LogP contribution in [0.4, 0.5) is 4.39 Å². The van der Waals surface area contributed by atoms with E-state index in [9.17, 15) is 9.18 Å². The summed E-state index contributed by atoms with van der Waals surface area (Å²) in [5, 5.41) is 1.01. The van der Waals surface area contributed by atoms with Crippen LogP contribution in [0.15, 0.2) is 30.5 Å². The molecule has 6 nitrogen and oxygen atoms in total. The summed E-state index contributed by atoms with van der Waals surface area (Å²) in [7, 11) is 1.24. The van der Waals surface area contributed by atoms with E-state index in [-0.39, 0.29) is 5.56 Å². The summed E-state index contributed by atoms with van der Waals surface area (Å²) in [6.07, 6.45) is 4.28. The normalized spacial score (nSPS) is 14.1. The molecule has 0 spiro atoms. The quantitative estimate of drug-likeness (QED) is 0.539. The zero-order valence-corrected chi connectivity index (χ0v) is 15.6. The summed E-state index contributed by atoms with van der Waals surface area (Å²) >= 11 is 0. The Balaban J connectivity index is 1.72. The van der Waals surface area contributed by atoms with Crippen molar-refractivity contribution in [2.24, 2.45) is 0 Å². The van der Waals surface area contributed by atoms with Crippen LogP contribution in [0, 0.1) is 5.82 Å². The highest BCUT2D eigenvalue weighted by molar-refractivity contribution is 5.91. The number of pyridine rings is 2. The third-order valence-corrected chi connectivity index (χ3v) is 5.27. The molecule has 0 bridgehead atoms. The minimum absolute atomic E-state index is 0.111. The van der Waals surface area contributed by atoms with Gasteiger partial charge in [-0.3, -0.25) is 0 Å². The van der Waals surface area contributed by atoms with Crippen molar-refractivity contribution in [2.45, 2.75) is 32.1 Å². The Labute approximate surface area is 160 Å². The fourth-order valence-electron chi connectivity index (χ4n) is 3.66. The maximum absolute atomic E-state index is 14.5. The van der Waals surface area contributed by atoms with Crippen molar-refractivity contribution in [1.29, 1.82) is 0 Å². The first-order valence-corrected chi connectivity index (χ1v) is 9.38. The lowest BCUT2D eigenvalue weighted by molar-refractivity contribution is 0.0595. The van der Waals surface area contributed by atoms with Crippen molar-refractivity contribution in [3.05, 3.63) is 53.2 Å². The van der Waals surface area contributed by atoms with E-state index in [2.05, 4.69) is 21.6 Å². The van der Waals surface area contributed by atoms with Gasteiger partial charge in [0, 0.05) is 23.2 Å². The number of nitrogens with zero attached hydrogens (tertiary/aromatic N) is 3. The molecule has 1 aliphatic carbocycles. The van der Waals surface area contributed by atoms with Crippen LogP contribution in [0.1, 0.15) is 47.4 Å². The molecule has 4 heterocycles. The monoisotopic (exact) mass is 378 g/mol. The van der Waals surface area contributed by atoms with Gasteiger partial charge in [0.15, 0.2) is 5.82 Å². The van der Waals surface area contributed by atoms with E-state index in [1.165, 1.54) is 19.4 Å². The molecule has 1 N–H and O–H groups in total. The van der Waals surface area contributed by atoms with Crippen LogP contribution in [0.3, 0.4) is 0 Å². The first kappa shape index (κ1) is 16.9. The first-order valence-electron chi connectivity index (χ1n) is 9.38. The summed E-state index contributed by atoms with van der Waals surface area (Å²) in [4.78, 5) is 24.6. The molecule has 1 fully saturated rings. The van der Waals surface area contributed by atoms with E-state index in [4.69, 9.17) is 4.98 Å². The van der Waals surface area contributed by atoms with Crippen LogP contribution in [-0.2, 0) is 11.2 Å². The van der Waals surface area contributed by atoms with Gasteiger partial charge >= 0.3 is 5.97 Å². The number of carbonyl (C=O) groups is 1. The van der Waals surface area contributed by atoms with Gasteiger partial charge in [-0.2, -0.15) is 0 Å². The third-order valence-electron chi connectivity index (χ3n) is 5.27. The van der Waals surface area contributed by atoms with Gasteiger partial charge in [0.25, 0.3) is 0 Å². The topological polar surface area (TPSA) is 72.3 Å². The molecule has 4 aromatic rings. The second-order valence-electron chi connectivity index (χ2n) is 7.15. The van der Waals surface area contributed by atoms with Gasteiger partial charge in [0.2, 0.25) is 0 Å². The zero-order chi connectivity index (χ0) is 19.4. The van der Waals surface area contributed by atoms with Crippen molar-refractivity contribution in [2.75, 3.05) is 7.11 Å². The molecule has 1 aliphatic rings. The van der Waals surface area contributed by atoms with Gasteiger partial charge in [0.05, 0.1) is 18.5 Å². The molecule has 0 saturated heterocycles. The molecule has 5 rings (SSSR count). The molecule has 4 aromatic heterocycles.